The molecule has 0 bridgehead atoms. The first kappa shape index (κ1) is 29.7. The van der Waals surface area contributed by atoms with E-state index in [2.05, 4.69) is 19.2 Å². The Balaban J connectivity index is 1.04. The van der Waals surface area contributed by atoms with Gasteiger partial charge >= 0.3 is 0 Å². The lowest BCUT2D eigenvalue weighted by Crippen LogP contribution is -2.30. The number of carbonyl (C=O) groups excluding carboxylic acids is 4. The van der Waals surface area contributed by atoms with Gasteiger partial charge in [-0.05, 0) is 97.3 Å². The Morgan fingerprint density at radius 1 is 0.532 bits per heavy atom. The van der Waals surface area contributed by atoms with Crippen molar-refractivity contribution in [1.29, 1.82) is 0 Å². The van der Waals surface area contributed by atoms with Gasteiger partial charge in [-0.2, -0.15) is 0 Å². The maximum Gasteiger partial charge on any atom is 0.266 e. The molecule has 0 saturated heterocycles. The smallest absolute Gasteiger partial charge is 0.266 e. The number of ether oxygens (including phenoxy) is 2. The molecule has 0 saturated carbocycles. The maximum atomic E-state index is 13.3. The van der Waals surface area contributed by atoms with Crippen molar-refractivity contribution in [2.24, 2.45) is 0 Å². The first-order valence-corrected chi connectivity index (χ1v) is 15.2. The summed E-state index contributed by atoms with van der Waals surface area (Å²) in [5.41, 5.74) is 5.59. The van der Waals surface area contributed by atoms with Crippen LogP contribution in [-0.2, 0) is 5.41 Å². The van der Waals surface area contributed by atoms with E-state index in [1.54, 1.807) is 42.5 Å². The summed E-state index contributed by atoms with van der Waals surface area (Å²) in [6.07, 6.45) is 0. The number of nitrogens with zero attached hydrogens (tertiary/aromatic N) is 1. The summed E-state index contributed by atoms with van der Waals surface area (Å²) < 4.78 is 12.1. The number of imide groups is 2. The molecule has 1 N–H and O–H groups in total. The van der Waals surface area contributed by atoms with Crippen LogP contribution in [0, 0.1) is 13.8 Å². The van der Waals surface area contributed by atoms with E-state index < -0.39 is 11.8 Å². The van der Waals surface area contributed by atoms with Gasteiger partial charge in [-0.15, -0.1) is 0 Å². The number of rotatable bonds is 7. The zero-order chi connectivity index (χ0) is 33.0. The van der Waals surface area contributed by atoms with E-state index in [0.29, 0.717) is 50.9 Å². The van der Waals surface area contributed by atoms with Gasteiger partial charge in [-0.3, -0.25) is 24.5 Å². The number of anilines is 1. The molecule has 0 radical (unpaired) electrons. The molecule has 8 heteroatoms. The summed E-state index contributed by atoms with van der Waals surface area (Å²) in [4.78, 5) is 51.5. The first-order valence-electron chi connectivity index (χ1n) is 15.2. The molecule has 2 aliphatic heterocycles. The Labute approximate surface area is 271 Å². The Bertz CT molecular complexity index is 2130. The molecule has 4 amide bonds. The number of benzene rings is 5. The number of hydrogen-bond acceptors (Lipinski definition) is 6. The second-order valence-electron chi connectivity index (χ2n) is 12.3. The maximum absolute atomic E-state index is 13.3. The molecule has 232 valence electrons. The molecule has 0 atom stereocenters. The Hall–Kier alpha value is -6.02. The molecular formula is C39H30N2O6. The van der Waals surface area contributed by atoms with Gasteiger partial charge in [-0.1, -0.05) is 55.8 Å². The molecule has 2 heterocycles. The zero-order valence-corrected chi connectivity index (χ0v) is 26.2. The molecule has 2 aliphatic rings. The van der Waals surface area contributed by atoms with Crippen LogP contribution in [0.25, 0.3) is 0 Å². The van der Waals surface area contributed by atoms with Gasteiger partial charge in [0, 0.05) is 5.41 Å². The van der Waals surface area contributed by atoms with Crippen molar-refractivity contribution in [3.8, 4) is 23.0 Å². The molecule has 0 spiro atoms. The standard InChI is InChI=1S/C39H30N2O6/c1-22-5-18-34(23(2)19-22)41-37(44)31-17-15-29(21-33(31)38(41)45)47-27-12-8-25(9-13-27)39(3,4)24-6-10-26(11-7-24)46-28-14-16-30-32(20-28)36(43)40-35(30)42/h5-21H,1-4H3,(H,40,42,43). The van der Waals surface area contributed by atoms with Gasteiger partial charge in [0.25, 0.3) is 23.6 Å². The minimum absolute atomic E-state index is 0.303. The third kappa shape index (κ3) is 5.23. The molecule has 0 unspecified atom stereocenters. The predicted octanol–water partition coefficient (Wildman–Crippen LogP) is 7.90. The lowest BCUT2D eigenvalue weighted by Gasteiger charge is -2.26. The number of hydrogen-bond donors (Lipinski definition) is 1. The summed E-state index contributed by atoms with van der Waals surface area (Å²) in [5.74, 6) is 0.589. The van der Waals surface area contributed by atoms with Crippen molar-refractivity contribution >= 4 is 29.3 Å². The van der Waals surface area contributed by atoms with Crippen molar-refractivity contribution in [2.75, 3.05) is 4.90 Å². The summed E-state index contributed by atoms with van der Waals surface area (Å²) in [6, 6.07) is 30.9. The largest absolute Gasteiger partial charge is 0.457 e. The molecule has 47 heavy (non-hydrogen) atoms. The number of nitrogens with one attached hydrogen (secondary N) is 1. The fourth-order valence-electron chi connectivity index (χ4n) is 6.09. The van der Waals surface area contributed by atoms with Gasteiger partial charge in [0.1, 0.15) is 23.0 Å². The molecule has 7 rings (SSSR count). The van der Waals surface area contributed by atoms with Crippen LogP contribution in [-0.4, -0.2) is 23.6 Å². The summed E-state index contributed by atoms with van der Waals surface area (Å²) in [5, 5.41) is 2.28. The van der Waals surface area contributed by atoms with Crippen molar-refractivity contribution in [3.05, 3.63) is 148 Å². The highest BCUT2D eigenvalue weighted by Crippen LogP contribution is 2.37. The van der Waals surface area contributed by atoms with Gasteiger partial charge in [0.05, 0.1) is 27.9 Å². The molecule has 0 aliphatic carbocycles. The lowest BCUT2D eigenvalue weighted by atomic mass is 9.78. The fraction of sp³-hybridized carbons (Fsp3) is 0.128. The van der Waals surface area contributed by atoms with Crippen molar-refractivity contribution in [3.63, 3.8) is 0 Å². The first-order chi connectivity index (χ1) is 22.5. The Morgan fingerprint density at radius 2 is 1.02 bits per heavy atom. The van der Waals surface area contributed by atoms with E-state index in [-0.39, 0.29) is 17.2 Å². The van der Waals surface area contributed by atoms with Gasteiger partial charge in [0.2, 0.25) is 0 Å². The molecule has 0 fully saturated rings. The number of amides is 4. The van der Waals surface area contributed by atoms with E-state index in [9.17, 15) is 19.2 Å². The Morgan fingerprint density at radius 3 is 1.60 bits per heavy atom. The Kier molecular flexibility index (Phi) is 7.01. The highest BCUT2D eigenvalue weighted by molar-refractivity contribution is 6.34. The monoisotopic (exact) mass is 622 g/mol. The average molecular weight is 623 g/mol. The van der Waals surface area contributed by atoms with Crippen molar-refractivity contribution in [1.82, 2.24) is 5.32 Å². The number of aryl methyl sites for hydroxylation is 2. The van der Waals surface area contributed by atoms with Crippen LogP contribution in [0.4, 0.5) is 5.69 Å². The summed E-state index contributed by atoms with van der Waals surface area (Å²) in [6.45, 7) is 8.11. The highest BCUT2D eigenvalue weighted by atomic mass is 16.5. The predicted molar refractivity (Wildman–Crippen MR) is 177 cm³/mol. The van der Waals surface area contributed by atoms with Gasteiger partial charge in [-0.25, -0.2) is 4.90 Å². The normalized spacial score (nSPS) is 13.8. The van der Waals surface area contributed by atoms with Crippen LogP contribution in [0.1, 0.15) is 77.5 Å². The summed E-state index contributed by atoms with van der Waals surface area (Å²) in [7, 11) is 0. The zero-order valence-electron chi connectivity index (χ0n) is 26.2. The van der Waals surface area contributed by atoms with Crippen LogP contribution in [0.15, 0.2) is 103 Å². The van der Waals surface area contributed by atoms with E-state index in [1.807, 2.05) is 74.5 Å². The average Bonchev–Trinajstić information content (AvgIpc) is 3.47. The number of fused-ring (bicyclic) bond motifs is 2. The van der Waals surface area contributed by atoms with Crippen LogP contribution in [0.5, 0.6) is 23.0 Å². The van der Waals surface area contributed by atoms with Crippen LogP contribution < -0.4 is 19.7 Å². The van der Waals surface area contributed by atoms with Gasteiger partial charge < -0.3 is 9.47 Å². The van der Waals surface area contributed by atoms with Crippen LogP contribution >= 0.6 is 0 Å². The minimum atomic E-state index is -0.428. The van der Waals surface area contributed by atoms with E-state index in [1.165, 1.54) is 4.90 Å². The SMILES string of the molecule is Cc1ccc(N2C(=O)c3ccc(Oc4ccc(C(C)(C)c5ccc(Oc6ccc7c(c6)C(=O)NC7=O)cc5)cc4)cc3C2=O)c(C)c1. The highest BCUT2D eigenvalue weighted by Gasteiger charge is 2.37. The number of carbonyl (C=O) groups is 4. The van der Waals surface area contributed by atoms with Gasteiger partial charge in [0.15, 0.2) is 0 Å². The third-order valence-electron chi connectivity index (χ3n) is 8.78. The third-order valence-corrected chi connectivity index (χ3v) is 8.78. The topological polar surface area (TPSA) is 102 Å². The molecule has 0 aromatic heterocycles. The fourth-order valence-corrected chi connectivity index (χ4v) is 6.09. The van der Waals surface area contributed by atoms with Crippen molar-refractivity contribution < 1.29 is 28.7 Å². The quantitative estimate of drug-likeness (QED) is 0.185. The van der Waals surface area contributed by atoms with E-state index >= 15 is 0 Å². The molecular weight excluding hydrogens is 592 g/mol. The van der Waals surface area contributed by atoms with Crippen LogP contribution in [0.2, 0.25) is 0 Å². The van der Waals surface area contributed by atoms with Crippen LogP contribution in [0.3, 0.4) is 0 Å². The summed E-state index contributed by atoms with van der Waals surface area (Å²) >= 11 is 0. The van der Waals surface area contributed by atoms with E-state index in [4.69, 9.17) is 9.47 Å². The van der Waals surface area contributed by atoms with E-state index in [0.717, 1.165) is 22.3 Å². The molecule has 8 nitrogen and oxygen atoms in total. The minimum Gasteiger partial charge on any atom is -0.457 e. The second kappa shape index (κ2) is 11.1. The van der Waals surface area contributed by atoms with Crippen molar-refractivity contribution in [2.45, 2.75) is 33.1 Å². The molecule has 5 aromatic carbocycles. The molecule has 5 aromatic rings. The second-order valence-corrected chi connectivity index (χ2v) is 12.3. The lowest BCUT2D eigenvalue weighted by molar-refractivity contribution is 0.0874.